The molecule has 0 aromatic heterocycles. The average molecular weight is 531 g/mol. The van der Waals surface area contributed by atoms with Gasteiger partial charge in [0.05, 0.1) is 0 Å². The van der Waals surface area contributed by atoms with E-state index in [4.69, 9.17) is 17.0 Å². The molecule has 0 bridgehead atoms. The molecule has 0 atom stereocenters. The third kappa shape index (κ3) is 48.2. The Balaban J connectivity index is -0.000000471. The van der Waals surface area contributed by atoms with E-state index < -0.39 is 20.8 Å². The molecule has 0 fully saturated rings. The van der Waals surface area contributed by atoms with Gasteiger partial charge in [0.25, 0.3) is 0 Å². The third-order valence-electron chi connectivity index (χ3n) is 4.33. The quantitative estimate of drug-likeness (QED) is 0.158. The first kappa shape index (κ1) is 35.0. The SMILES string of the molecule is CC(C)C[N-]CC(C)C.CCCCCCCC[N-]CCCCCCCC.[Cl][Zr+2][Cl]. The van der Waals surface area contributed by atoms with E-state index >= 15 is 0 Å². The summed E-state index contributed by atoms with van der Waals surface area (Å²) in [5.41, 5.74) is 0. The number of rotatable bonds is 18. The maximum absolute atomic E-state index is 4.93. The summed E-state index contributed by atoms with van der Waals surface area (Å²) in [4.78, 5) is 0. The van der Waals surface area contributed by atoms with Crippen LogP contribution in [0.3, 0.4) is 0 Å². The van der Waals surface area contributed by atoms with Gasteiger partial charge < -0.3 is 10.6 Å². The Labute approximate surface area is 204 Å². The summed E-state index contributed by atoms with van der Waals surface area (Å²) in [6, 6.07) is 0. The van der Waals surface area contributed by atoms with Crippen LogP contribution in [0.4, 0.5) is 0 Å². The number of hydrogen-bond donors (Lipinski definition) is 0. The Hall–Kier alpha value is 1.38. The molecule has 0 aromatic carbocycles. The summed E-state index contributed by atoms with van der Waals surface area (Å²) in [5.74, 6) is 1.45. The number of hydrogen-bond acceptors (Lipinski definition) is 0. The first-order chi connectivity index (χ1) is 14.0. The Morgan fingerprint density at radius 2 is 0.862 bits per heavy atom. The van der Waals surface area contributed by atoms with E-state index in [1.165, 1.54) is 77.0 Å². The van der Waals surface area contributed by atoms with Crippen LogP contribution in [0.1, 0.15) is 119 Å². The van der Waals surface area contributed by atoms with Crippen molar-refractivity contribution in [2.24, 2.45) is 11.8 Å². The molecule has 0 aromatic rings. The predicted molar refractivity (Wildman–Crippen MR) is 134 cm³/mol. The zero-order chi connectivity index (χ0) is 22.6. The Bertz CT molecular complexity index is 233. The molecule has 176 valence electrons. The van der Waals surface area contributed by atoms with Crippen LogP contribution in [0.25, 0.3) is 10.6 Å². The fourth-order valence-corrected chi connectivity index (χ4v) is 2.71. The van der Waals surface area contributed by atoms with Crippen LogP contribution in [0.5, 0.6) is 0 Å². The Morgan fingerprint density at radius 3 is 1.17 bits per heavy atom. The second-order valence-corrected chi connectivity index (χ2v) is 12.4. The van der Waals surface area contributed by atoms with Crippen molar-refractivity contribution in [3.8, 4) is 0 Å². The van der Waals surface area contributed by atoms with E-state index in [0.717, 1.165) is 38.0 Å². The van der Waals surface area contributed by atoms with Gasteiger partial charge in [0.15, 0.2) is 0 Å². The van der Waals surface area contributed by atoms with Crippen LogP contribution in [0.15, 0.2) is 0 Å². The molecule has 0 spiro atoms. The summed E-state index contributed by atoms with van der Waals surface area (Å²) in [6.45, 7) is 17.6. The fraction of sp³-hybridized carbons (Fsp3) is 1.00. The molecule has 0 aliphatic carbocycles. The van der Waals surface area contributed by atoms with Gasteiger partial charge in [0, 0.05) is 0 Å². The second kappa shape index (κ2) is 34.0. The van der Waals surface area contributed by atoms with Crippen molar-refractivity contribution in [3.63, 3.8) is 0 Å². The Kier molecular flexibility index (Phi) is 41.0. The third-order valence-corrected chi connectivity index (χ3v) is 4.33. The van der Waals surface area contributed by atoms with Crippen LogP contribution >= 0.6 is 17.0 Å². The van der Waals surface area contributed by atoms with Gasteiger partial charge in [0.1, 0.15) is 0 Å². The van der Waals surface area contributed by atoms with Crippen molar-refractivity contribution < 1.29 is 20.8 Å². The number of nitrogens with zero attached hydrogens (tertiary/aromatic N) is 2. The maximum atomic E-state index is 4.93. The van der Waals surface area contributed by atoms with Crippen LogP contribution < -0.4 is 0 Å². The molecule has 0 amide bonds. The van der Waals surface area contributed by atoms with Crippen molar-refractivity contribution in [2.45, 2.75) is 119 Å². The molecule has 29 heavy (non-hydrogen) atoms. The molecular formula is C24H52Cl2N2Zr. The van der Waals surface area contributed by atoms with Crippen LogP contribution in [0, 0.1) is 11.8 Å². The van der Waals surface area contributed by atoms with Crippen molar-refractivity contribution >= 4 is 17.0 Å². The number of unbranched alkanes of at least 4 members (excludes halogenated alkanes) is 10. The van der Waals surface area contributed by atoms with Crippen molar-refractivity contribution in [2.75, 3.05) is 26.2 Å². The Morgan fingerprint density at radius 1 is 0.552 bits per heavy atom. The standard InChI is InChI=1S/C16H34N.C8H18N.2ClH.Zr/c1-3-5-7-9-11-13-15-17-16-14-12-10-8-6-4-2;1-7(2)5-9-6-8(3)4;;;/h3-16H2,1-2H3;7-8H,5-6H2,1-4H3;2*1H;/q2*-1;;;+4/p-2. The zero-order valence-corrected chi connectivity index (χ0v) is 24.6. The summed E-state index contributed by atoms with van der Waals surface area (Å²) < 4.78 is 0. The molecule has 0 N–H and O–H groups in total. The average Bonchev–Trinajstić information content (AvgIpc) is 2.66. The molecule has 0 saturated heterocycles. The first-order valence-electron chi connectivity index (χ1n) is 12.2. The van der Waals surface area contributed by atoms with Gasteiger partial charge in [-0.25, -0.2) is 0 Å². The molecule has 0 rings (SSSR count). The van der Waals surface area contributed by atoms with Gasteiger partial charge in [-0.15, -0.1) is 26.2 Å². The van der Waals surface area contributed by atoms with Gasteiger partial charge in [0.2, 0.25) is 0 Å². The van der Waals surface area contributed by atoms with E-state index in [1.54, 1.807) is 0 Å². The van der Waals surface area contributed by atoms with Gasteiger partial charge in [-0.2, -0.15) is 0 Å². The van der Waals surface area contributed by atoms with Gasteiger partial charge >= 0.3 is 37.9 Å². The van der Waals surface area contributed by atoms with Crippen molar-refractivity contribution in [1.29, 1.82) is 0 Å². The molecule has 0 radical (unpaired) electrons. The van der Waals surface area contributed by atoms with Crippen LogP contribution in [0.2, 0.25) is 0 Å². The molecule has 0 unspecified atom stereocenters. The van der Waals surface area contributed by atoms with Crippen LogP contribution in [-0.4, -0.2) is 26.2 Å². The monoisotopic (exact) mass is 528 g/mol. The predicted octanol–water partition coefficient (Wildman–Crippen LogP) is 10.1. The van der Waals surface area contributed by atoms with Crippen molar-refractivity contribution in [3.05, 3.63) is 10.6 Å². The van der Waals surface area contributed by atoms with E-state index in [-0.39, 0.29) is 0 Å². The first-order valence-corrected chi connectivity index (χ1v) is 18.5. The van der Waals surface area contributed by atoms with E-state index in [1.807, 2.05) is 0 Å². The fourth-order valence-electron chi connectivity index (χ4n) is 2.71. The molecule has 0 aliphatic rings. The minimum atomic E-state index is -0.826. The molecule has 0 aliphatic heterocycles. The van der Waals surface area contributed by atoms with Gasteiger partial charge in [-0.05, 0) is 0 Å². The number of halogens is 2. The topological polar surface area (TPSA) is 28.2 Å². The second-order valence-electron chi connectivity index (χ2n) is 8.65. The molecule has 0 saturated carbocycles. The molecule has 0 heterocycles. The normalized spacial score (nSPS) is 10.3. The van der Waals surface area contributed by atoms with E-state index in [9.17, 15) is 0 Å². The zero-order valence-electron chi connectivity index (χ0n) is 20.6. The summed E-state index contributed by atoms with van der Waals surface area (Å²) in [5, 5.41) is 8.98. The van der Waals surface area contributed by atoms with E-state index in [0.29, 0.717) is 0 Å². The molecular weight excluding hydrogens is 478 g/mol. The van der Waals surface area contributed by atoms with Crippen molar-refractivity contribution in [1.82, 2.24) is 0 Å². The molecule has 2 nitrogen and oxygen atoms in total. The van der Waals surface area contributed by atoms with E-state index in [2.05, 4.69) is 52.2 Å². The van der Waals surface area contributed by atoms with Gasteiger partial charge in [-0.3, -0.25) is 0 Å². The molecule has 5 heteroatoms. The summed E-state index contributed by atoms with van der Waals surface area (Å²) in [6.07, 6.45) is 16.6. The summed E-state index contributed by atoms with van der Waals surface area (Å²) in [7, 11) is 9.87. The van der Waals surface area contributed by atoms with Crippen LogP contribution in [-0.2, 0) is 20.8 Å². The minimum absolute atomic E-state index is 0.726. The summed E-state index contributed by atoms with van der Waals surface area (Å²) >= 11 is -0.826. The van der Waals surface area contributed by atoms with Gasteiger partial charge in [-0.1, -0.05) is 130 Å².